The molecule has 1 N–H and O–H groups in total. The topological polar surface area (TPSA) is 90.5 Å². The normalized spacial score (nSPS) is 10.7. The summed E-state index contributed by atoms with van der Waals surface area (Å²) in [6, 6.07) is 13.4. The van der Waals surface area contributed by atoms with Gasteiger partial charge in [0.05, 0.1) is 17.4 Å². The predicted molar refractivity (Wildman–Crippen MR) is 98.8 cm³/mol. The lowest BCUT2D eigenvalue weighted by atomic mass is 10.2. The maximum atomic E-state index is 12.3. The second kappa shape index (κ2) is 7.61. The third-order valence-electron chi connectivity index (χ3n) is 4.05. The average molecular weight is 359 g/mol. The Labute approximate surface area is 155 Å². The van der Waals surface area contributed by atoms with E-state index in [1.807, 2.05) is 47.4 Å². The lowest BCUT2D eigenvalue weighted by Gasteiger charge is -2.05. The number of nitrogens with one attached hydrogen (secondary N) is 1. The number of hydrogen-bond acceptors (Lipinski definition) is 5. The molecule has 0 radical (unpaired) electrons. The number of benzene rings is 1. The van der Waals surface area contributed by atoms with E-state index in [-0.39, 0.29) is 5.91 Å². The number of rotatable bonds is 6. The number of amides is 1. The number of carbonyl (C=O) groups excluding carboxylic acids is 1. The minimum atomic E-state index is -0.159. The van der Waals surface area contributed by atoms with Crippen molar-refractivity contribution in [3.63, 3.8) is 0 Å². The molecule has 8 heteroatoms. The van der Waals surface area contributed by atoms with Crippen molar-refractivity contribution in [2.75, 3.05) is 6.54 Å². The largest absolute Gasteiger partial charge is 0.352 e. The Balaban J connectivity index is 1.31. The van der Waals surface area contributed by atoms with Gasteiger partial charge in [-0.25, -0.2) is 9.67 Å². The number of nitrogens with zero attached hydrogens (tertiary/aromatic N) is 6. The highest BCUT2D eigenvalue weighted by Crippen LogP contribution is 2.08. The Kier molecular flexibility index (Phi) is 4.69. The summed E-state index contributed by atoms with van der Waals surface area (Å²) in [4.78, 5) is 16.5. The van der Waals surface area contributed by atoms with Crippen molar-refractivity contribution >= 4 is 5.91 Å². The van der Waals surface area contributed by atoms with E-state index in [0.717, 1.165) is 11.3 Å². The molecule has 0 fully saturated rings. The SMILES string of the molecule is O=C(NCCc1cnn(-c2ccccc2)c1)c1ccc(-n2cnnc2)nc1. The van der Waals surface area contributed by atoms with Crippen LogP contribution < -0.4 is 5.32 Å². The van der Waals surface area contributed by atoms with Gasteiger partial charge < -0.3 is 5.32 Å². The first-order chi connectivity index (χ1) is 13.3. The van der Waals surface area contributed by atoms with Crippen LogP contribution in [0.2, 0.25) is 0 Å². The molecule has 134 valence electrons. The Morgan fingerprint density at radius 3 is 2.56 bits per heavy atom. The van der Waals surface area contributed by atoms with Gasteiger partial charge in [-0.15, -0.1) is 10.2 Å². The second-order valence-corrected chi connectivity index (χ2v) is 5.91. The van der Waals surface area contributed by atoms with E-state index in [1.54, 1.807) is 29.4 Å². The maximum Gasteiger partial charge on any atom is 0.252 e. The molecule has 0 atom stereocenters. The van der Waals surface area contributed by atoms with E-state index >= 15 is 0 Å². The van der Waals surface area contributed by atoms with Crippen molar-refractivity contribution in [2.45, 2.75) is 6.42 Å². The van der Waals surface area contributed by atoms with Crippen molar-refractivity contribution in [1.82, 2.24) is 34.8 Å². The number of carbonyl (C=O) groups is 1. The summed E-state index contributed by atoms with van der Waals surface area (Å²) in [5.74, 6) is 0.498. The fraction of sp³-hybridized carbons (Fsp3) is 0.105. The Hall–Kier alpha value is -3.81. The van der Waals surface area contributed by atoms with Gasteiger partial charge in [0.2, 0.25) is 0 Å². The van der Waals surface area contributed by atoms with Crippen molar-refractivity contribution in [2.24, 2.45) is 0 Å². The van der Waals surface area contributed by atoms with Crippen molar-refractivity contribution in [3.8, 4) is 11.5 Å². The Bertz CT molecular complexity index is 1010. The van der Waals surface area contributed by atoms with Gasteiger partial charge in [-0.2, -0.15) is 5.10 Å². The van der Waals surface area contributed by atoms with Crippen LogP contribution in [0.25, 0.3) is 11.5 Å². The number of para-hydroxylation sites is 1. The lowest BCUT2D eigenvalue weighted by molar-refractivity contribution is 0.0954. The molecule has 3 aromatic heterocycles. The number of aromatic nitrogens is 6. The van der Waals surface area contributed by atoms with E-state index in [2.05, 4.69) is 25.6 Å². The molecule has 3 heterocycles. The van der Waals surface area contributed by atoms with Crippen LogP contribution in [0.15, 0.2) is 73.7 Å². The summed E-state index contributed by atoms with van der Waals surface area (Å²) in [5.41, 5.74) is 2.57. The van der Waals surface area contributed by atoms with Crippen LogP contribution in [0.4, 0.5) is 0 Å². The molecule has 4 aromatic rings. The summed E-state index contributed by atoms with van der Waals surface area (Å²) in [6.07, 6.45) is 9.13. The van der Waals surface area contributed by atoms with Crippen LogP contribution in [0.1, 0.15) is 15.9 Å². The van der Waals surface area contributed by atoms with Gasteiger partial charge in [0, 0.05) is 18.9 Å². The van der Waals surface area contributed by atoms with E-state index in [4.69, 9.17) is 0 Å². The standard InChI is InChI=1S/C19H17N7O/c27-19(16-6-7-18(21-11-16)25-13-22-23-14-25)20-9-8-15-10-24-26(12-15)17-4-2-1-3-5-17/h1-7,10-14H,8-9H2,(H,20,27). The highest BCUT2D eigenvalue weighted by molar-refractivity contribution is 5.93. The number of pyridine rings is 1. The third-order valence-corrected chi connectivity index (χ3v) is 4.05. The smallest absolute Gasteiger partial charge is 0.252 e. The molecule has 1 aromatic carbocycles. The second-order valence-electron chi connectivity index (χ2n) is 5.91. The van der Waals surface area contributed by atoms with Crippen molar-refractivity contribution in [1.29, 1.82) is 0 Å². The molecule has 0 aliphatic carbocycles. The van der Waals surface area contributed by atoms with E-state index in [0.29, 0.717) is 24.3 Å². The van der Waals surface area contributed by atoms with Crippen LogP contribution in [0, 0.1) is 0 Å². The summed E-state index contributed by atoms with van der Waals surface area (Å²) < 4.78 is 3.50. The minimum Gasteiger partial charge on any atom is -0.352 e. The summed E-state index contributed by atoms with van der Waals surface area (Å²) in [6.45, 7) is 0.520. The van der Waals surface area contributed by atoms with Crippen LogP contribution in [-0.4, -0.2) is 42.0 Å². The lowest BCUT2D eigenvalue weighted by Crippen LogP contribution is -2.25. The van der Waals surface area contributed by atoms with Gasteiger partial charge in [-0.1, -0.05) is 18.2 Å². The molecule has 8 nitrogen and oxygen atoms in total. The van der Waals surface area contributed by atoms with Gasteiger partial charge in [0.15, 0.2) is 0 Å². The van der Waals surface area contributed by atoms with Gasteiger partial charge in [0.25, 0.3) is 5.91 Å². The minimum absolute atomic E-state index is 0.159. The molecule has 0 saturated carbocycles. The molecule has 0 bridgehead atoms. The first-order valence-corrected chi connectivity index (χ1v) is 8.48. The van der Waals surface area contributed by atoms with Gasteiger partial charge in [-0.3, -0.25) is 9.36 Å². The number of hydrogen-bond donors (Lipinski definition) is 1. The molecule has 0 spiro atoms. The molecule has 0 unspecified atom stereocenters. The summed E-state index contributed by atoms with van der Waals surface area (Å²) in [5, 5.41) is 14.7. The fourth-order valence-corrected chi connectivity index (χ4v) is 2.63. The monoisotopic (exact) mass is 359 g/mol. The fourth-order valence-electron chi connectivity index (χ4n) is 2.63. The van der Waals surface area contributed by atoms with Gasteiger partial charge in [0.1, 0.15) is 18.5 Å². The van der Waals surface area contributed by atoms with Crippen LogP contribution in [0.5, 0.6) is 0 Å². The van der Waals surface area contributed by atoms with E-state index in [9.17, 15) is 4.79 Å². The predicted octanol–water partition coefficient (Wildman–Crippen LogP) is 1.82. The van der Waals surface area contributed by atoms with Gasteiger partial charge >= 0.3 is 0 Å². The molecular formula is C19H17N7O. The third kappa shape index (κ3) is 3.90. The molecule has 27 heavy (non-hydrogen) atoms. The highest BCUT2D eigenvalue weighted by Gasteiger charge is 2.07. The van der Waals surface area contributed by atoms with E-state index in [1.165, 1.54) is 6.20 Å². The Morgan fingerprint density at radius 1 is 1.00 bits per heavy atom. The zero-order valence-corrected chi connectivity index (χ0v) is 14.4. The molecule has 0 aliphatic heterocycles. The molecule has 1 amide bonds. The zero-order valence-electron chi connectivity index (χ0n) is 14.4. The average Bonchev–Trinajstić information content (AvgIpc) is 3.41. The van der Waals surface area contributed by atoms with Crippen LogP contribution in [-0.2, 0) is 6.42 Å². The zero-order chi connectivity index (χ0) is 18.5. The van der Waals surface area contributed by atoms with Crippen molar-refractivity contribution in [3.05, 3.63) is 84.8 Å². The first kappa shape index (κ1) is 16.6. The summed E-state index contributed by atoms with van der Waals surface area (Å²) >= 11 is 0. The van der Waals surface area contributed by atoms with Crippen LogP contribution in [0.3, 0.4) is 0 Å². The quantitative estimate of drug-likeness (QED) is 0.567. The summed E-state index contributed by atoms with van der Waals surface area (Å²) in [7, 11) is 0. The van der Waals surface area contributed by atoms with Crippen molar-refractivity contribution < 1.29 is 4.79 Å². The van der Waals surface area contributed by atoms with Gasteiger partial charge in [-0.05, 0) is 36.2 Å². The van der Waals surface area contributed by atoms with Crippen LogP contribution >= 0.6 is 0 Å². The molecular weight excluding hydrogens is 342 g/mol. The molecule has 0 saturated heterocycles. The highest BCUT2D eigenvalue weighted by atomic mass is 16.1. The van der Waals surface area contributed by atoms with E-state index < -0.39 is 0 Å². The maximum absolute atomic E-state index is 12.3. The molecule has 4 rings (SSSR count). The first-order valence-electron chi connectivity index (χ1n) is 8.48. The Morgan fingerprint density at radius 2 is 1.81 bits per heavy atom. The molecule has 0 aliphatic rings.